The summed E-state index contributed by atoms with van der Waals surface area (Å²) in [5.74, 6) is 0.502. The zero-order valence-corrected chi connectivity index (χ0v) is 11.7. The minimum absolute atomic E-state index is 0.0856. The van der Waals surface area contributed by atoms with Crippen LogP contribution in [0.3, 0.4) is 0 Å². The summed E-state index contributed by atoms with van der Waals surface area (Å²) < 4.78 is 0. The Kier molecular flexibility index (Phi) is 2.90. The Morgan fingerprint density at radius 3 is 2.32 bits per heavy atom. The fraction of sp³-hybridized carbons (Fsp3) is 0.353. The highest BCUT2D eigenvalue weighted by atomic mass is 15.0. The summed E-state index contributed by atoms with van der Waals surface area (Å²) in [7, 11) is 0. The second-order valence-electron chi connectivity index (χ2n) is 5.93. The van der Waals surface area contributed by atoms with Crippen molar-refractivity contribution in [1.29, 1.82) is 0 Å². The molecule has 2 nitrogen and oxygen atoms in total. The van der Waals surface area contributed by atoms with Crippen LogP contribution in [0.5, 0.6) is 0 Å². The Morgan fingerprint density at radius 2 is 1.63 bits per heavy atom. The zero-order valence-electron chi connectivity index (χ0n) is 11.7. The van der Waals surface area contributed by atoms with E-state index < -0.39 is 0 Å². The monoisotopic (exact) mass is 252 g/mol. The number of nitrogens with zero attached hydrogens (tertiary/aromatic N) is 1. The smallest absolute Gasteiger partial charge is 0.0584 e. The molecule has 0 saturated heterocycles. The van der Waals surface area contributed by atoms with Crippen LogP contribution in [-0.2, 0) is 0 Å². The van der Waals surface area contributed by atoms with E-state index in [0.717, 1.165) is 0 Å². The van der Waals surface area contributed by atoms with Gasteiger partial charge >= 0.3 is 0 Å². The topological polar surface area (TPSA) is 24.9 Å². The first-order valence-electron chi connectivity index (χ1n) is 6.86. The van der Waals surface area contributed by atoms with Gasteiger partial charge in [-0.15, -0.1) is 0 Å². The lowest BCUT2D eigenvalue weighted by atomic mass is 9.74. The van der Waals surface area contributed by atoms with Crippen LogP contribution < -0.4 is 5.32 Å². The van der Waals surface area contributed by atoms with Crippen molar-refractivity contribution in [1.82, 2.24) is 10.3 Å². The lowest BCUT2D eigenvalue weighted by Crippen LogP contribution is -2.50. The van der Waals surface area contributed by atoms with E-state index in [1.807, 2.05) is 12.4 Å². The molecule has 19 heavy (non-hydrogen) atoms. The molecule has 0 aliphatic carbocycles. The first kappa shape index (κ1) is 12.4. The van der Waals surface area contributed by atoms with Crippen molar-refractivity contribution < 1.29 is 0 Å². The maximum absolute atomic E-state index is 4.12. The average Bonchev–Trinajstić information content (AvgIpc) is 2.44. The third-order valence-corrected chi connectivity index (χ3v) is 4.41. The molecule has 2 heterocycles. The van der Waals surface area contributed by atoms with E-state index in [1.54, 1.807) is 0 Å². The molecule has 0 bridgehead atoms. The molecule has 0 fully saturated rings. The number of fused-ring (bicyclic) bond motifs is 1. The summed E-state index contributed by atoms with van der Waals surface area (Å²) >= 11 is 0. The molecule has 0 amide bonds. The predicted molar refractivity (Wildman–Crippen MR) is 78.2 cm³/mol. The molecular formula is C17H20N2. The molecule has 2 unspecified atom stereocenters. The van der Waals surface area contributed by atoms with Crippen LogP contribution in [0.1, 0.15) is 49.4 Å². The van der Waals surface area contributed by atoms with E-state index >= 15 is 0 Å². The van der Waals surface area contributed by atoms with Crippen LogP contribution in [0.2, 0.25) is 0 Å². The van der Waals surface area contributed by atoms with Crippen molar-refractivity contribution in [2.45, 2.75) is 38.3 Å². The summed E-state index contributed by atoms with van der Waals surface area (Å²) in [6.07, 6.45) is 3.73. The second-order valence-corrected chi connectivity index (χ2v) is 5.93. The molecule has 0 radical (unpaired) electrons. The van der Waals surface area contributed by atoms with Gasteiger partial charge < -0.3 is 5.32 Å². The van der Waals surface area contributed by atoms with E-state index in [0.29, 0.717) is 5.92 Å². The Balaban J connectivity index is 2.14. The van der Waals surface area contributed by atoms with Crippen molar-refractivity contribution in [3.63, 3.8) is 0 Å². The second kappa shape index (κ2) is 4.46. The number of nitrogens with one attached hydrogen (secondary N) is 1. The summed E-state index contributed by atoms with van der Waals surface area (Å²) in [6.45, 7) is 6.86. The molecule has 98 valence electrons. The highest BCUT2D eigenvalue weighted by Gasteiger charge is 2.37. The third-order valence-electron chi connectivity index (χ3n) is 4.41. The van der Waals surface area contributed by atoms with Crippen molar-refractivity contribution >= 4 is 0 Å². The largest absolute Gasteiger partial charge is 0.301 e. The first-order valence-corrected chi connectivity index (χ1v) is 6.86. The minimum Gasteiger partial charge on any atom is -0.301 e. The standard InChI is InChI=1S/C17H20N2/c1-12-14-6-4-5-7-15(14)16(19-17(12,2)3)13-8-10-18-11-9-13/h4-12,16,19H,1-3H3. The molecule has 2 heteroatoms. The van der Waals surface area contributed by atoms with E-state index in [1.165, 1.54) is 16.7 Å². The van der Waals surface area contributed by atoms with Crippen LogP contribution in [0, 0.1) is 0 Å². The van der Waals surface area contributed by atoms with Gasteiger partial charge in [0.05, 0.1) is 6.04 Å². The van der Waals surface area contributed by atoms with Crippen LogP contribution >= 0.6 is 0 Å². The molecule has 1 N–H and O–H groups in total. The van der Waals surface area contributed by atoms with E-state index in [9.17, 15) is 0 Å². The molecule has 3 rings (SSSR count). The summed E-state index contributed by atoms with van der Waals surface area (Å²) in [6, 6.07) is 13.2. The molecule has 1 aromatic carbocycles. The average molecular weight is 252 g/mol. The van der Waals surface area contributed by atoms with Gasteiger partial charge in [-0.3, -0.25) is 4.98 Å². The maximum atomic E-state index is 4.12. The normalized spacial score (nSPS) is 24.8. The highest BCUT2D eigenvalue weighted by Crippen LogP contribution is 2.41. The number of pyridine rings is 1. The maximum Gasteiger partial charge on any atom is 0.0584 e. The van der Waals surface area contributed by atoms with E-state index in [2.05, 4.69) is 67.5 Å². The van der Waals surface area contributed by atoms with Gasteiger partial charge in [0, 0.05) is 17.9 Å². The van der Waals surface area contributed by atoms with Gasteiger partial charge in [-0.1, -0.05) is 31.2 Å². The van der Waals surface area contributed by atoms with Gasteiger partial charge in [0.15, 0.2) is 0 Å². The number of hydrogen-bond donors (Lipinski definition) is 1. The SMILES string of the molecule is CC1c2ccccc2C(c2ccncc2)NC1(C)C. The number of aromatic nitrogens is 1. The minimum atomic E-state index is 0.0856. The summed E-state index contributed by atoms with van der Waals surface area (Å²) in [5, 5.41) is 3.79. The van der Waals surface area contributed by atoms with Crippen molar-refractivity contribution in [2.75, 3.05) is 0 Å². The molecule has 0 saturated carbocycles. The number of hydrogen-bond acceptors (Lipinski definition) is 2. The Bertz CT molecular complexity index is 575. The Morgan fingerprint density at radius 1 is 1.00 bits per heavy atom. The van der Waals surface area contributed by atoms with Gasteiger partial charge in [0.25, 0.3) is 0 Å². The van der Waals surface area contributed by atoms with Gasteiger partial charge in [-0.2, -0.15) is 0 Å². The number of benzene rings is 1. The summed E-state index contributed by atoms with van der Waals surface area (Å²) in [5.41, 5.74) is 4.21. The van der Waals surface area contributed by atoms with Gasteiger partial charge in [0.2, 0.25) is 0 Å². The molecule has 2 atom stereocenters. The van der Waals surface area contributed by atoms with Crippen LogP contribution in [0.4, 0.5) is 0 Å². The van der Waals surface area contributed by atoms with Gasteiger partial charge in [0.1, 0.15) is 0 Å². The molecule has 1 aromatic heterocycles. The van der Waals surface area contributed by atoms with Crippen molar-refractivity contribution in [3.8, 4) is 0 Å². The van der Waals surface area contributed by atoms with Gasteiger partial charge in [-0.25, -0.2) is 0 Å². The van der Waals surface area contributed by atoms with Crippen LogP contribution in [-0.4, -0.2) is 10.5 Å². The summed E-state index contributed by atoms with van der Waals surface area (Å²) in [4.78, 5) is 4.12. The lowest BCUT2D eigenvalue weighted by Gasteiger charge is -2.44. The molecular weight excluding hydrogens is 232 g/mol. The molecule has 0 spiro atoms. The Labute approximate surface area is 114 Å². The molecule has 2 aromatic rings. The Hall–Kier alpha value is -1.67. The fourth-order valence-corrected chi connectivity index (χ4v) is 2.95. The molecule has 1 aliphatic heterocycles. The van der Waals surface area contributed by atoms with E-state index in [-0.39, 0.29) is 11.6 Å². The number of rotatable bonds is 1. The highest BCUT2D eigenvalue weighted by molar-refractivity contribution is 5.43. The predicted octanol–water partition coefficient (Wildman–Crippen LogP) is 3.66. The van der Waals surface area contributed by atoms with Crippen molar-refractivity contribution in [2.24, 2.45) is 0 Å². The van der Waals surface area contributed by atoms with E-state index in [4.69, 9.17) is 0 Å². The fourth-order valence-electron chi connectivity index (χ4n) is 2.95. The third kappa shape index (κ3) is 2.06. The lowest BCUT2D eigenvalue weighted by molar-refractivity contribution is 0.285. The van der Waals surface area contributed by atoms with Gasteiger partial charge in [-0.05, 0) is 48.6 Å². The first-order chi connectivity index (χ1) is 9.09. The van der Waals surface area contributed by atoms with Crippen molar-refractivity contribution in [3.05, 3.63) is 65.5 Å². The zero-order chi connectivity index (χ0) is 13.5. The van der Waals surface area contributed by atoms with Crippen LogP contribution in [0.15, 0.2) is 48.8 Å². The molecule has 1 aliphatic rings. The quantitative estimate of drug-likeness (QED) is 0.838. The van der Waals surface area contributed by atoms with Crippen LogP contribution in [0.25, 0.3) is 0 Å².